The molecule has 0 spiro atoms. The molecule has 1 aliphatic rings. The smallest absolute Gasteiger partial charge is 0.416 e. The van der Waals surface area contributed by atoms with Crippen LogP contribution in [0, 0.1) is 12.7 Å². The van der Waals surface area contributed by atoms with Crippen LogP contribution in [0.5, 0.6) is 5.75 Å². The third-order valence-corrected chi connectivity index (χ3v) is 6.81. The Hall–Kier alpha value is -3.76. The highest BCUT2D eigenvalue weighted by Gasteiger charge is 2.37. The monoisotopic (exact) mass is 568 g/mol. The Bertz CT molecular complexity index is 1430. The molecular weight excluding hydrogens is 541 g/mol. The van der Waals surface area contributed by atoms with Gasteiger partial charge in [0.05, 0.1) is 24.3 Å². The number of hydrogen-bond acceptors (Lipinski definition) is 2. The molecule has 1 aliphatic heterocycles. The largest absolute Gasteiger partial charge is 0.496 e. The quantitative estimate of drug-likeness (QED) is 0.305. The van der Waals surface area contributed by atoms with Gasteiger partial charge < -0.3 is 15.0 Å². The molecule has 0 aromatic heterocycles. The Kier molecular flexibility index (Phi) is 7.79. The van der Waals surface area contributed by atoms with Gasteiger partial charge in [-0.05, 0) is 65.4 Å². The van der Waals surface area contributed by atoms with Crippen molar-refractivity contribution in [1.82, 2.24) is 10.2 Å². The fourth-order valence-corrected chi connectivity index (χ4v) is 4.91. The van der Waals surface area contributed by atoms with Crippen molar-refractivity contribution < 1.29 is 40.3 Å². The number of rotatable bonds is 6. The molecule has 11 heteroatoms. The van der Waals surface area contributed by atoms with Crippen molar-refractivity contribution in [2.75, 3.05) is 13.7 Å². The van der Waals surface area contributed by atoms with E-state index in [1.807, 2.05) is 0 Å². The third-order valence-electron chi connectivity index (χ3n) is 6.81. The topological polar surface area (TPSA) is 41.6 Å². The predicted octanol–water partition coefficient (Wildman–Crippen LogP) is 8.24. The summed E-state index contributed by atoms with van der Waals surface area (Å²) < 4.78 is 101. The summed E-state index contributed by atoms with van der Waals surface area (Å²) in [4.78, 5) is 14.1. The minimum atomic E-state index is -4.68. The van der Waals surface area contributed by atoms with E-state index in [0.29, 0.717) is 22.3 Å². The second-order valence-electron chi connectivity index (χ2n) is 10.1. The Morgan fingerprint density at radius 2 is 1.62 bits per heavy atom. The van der Waals surface area contributed by atoms with Crippen LogP contribution in [0.1, 0.15) is 59.2 Å². The van der Waals surface area contributed by atoms with Crippen LogP contribution in [0.2, 0.25) is 0 Å². The Labute approximate surface area is 226 Å². The van der Waals surface area contributed by atoms with Crippen LogP contribution < -0.4 is 10.1 Å². The lowest BCUT2D eigenvalue weighted by Gasteiger charge is -2.21. The van der Waals surface area contributed by atoms with Crippen molar-refractivity contribution in [3.8, 4) is 16.9 Å². The first-order chi connectivity index (χ1) is 18.6. The molecule has 2 amide bonds. The van der Waals surface area contributed by atoms with Gasteiger partial charge in [-0.2, -0.15) is 26.3 Å². The van der Waals surface area contributed by atoms with E-state index in [4.69, 9.17) is 4.74 Å². The SMILES string of the molecule is COc1cc(F)c(C(C)C)cc1-c1ccc(C(F)(F)F)cc1C1CN(Cc2cc(C)cc(C(F)(F)F)c2)C(=O)N1. The molecule has 1 fully saturated rings. The van der Waals surface area contributed by atoms with E-state index in [-0.39, 0.29) is 35.9 Å². The van der Waals surface area contributed by atoms with Gasteiger partial charge in [0.2, 0.25) is 0 Å². The normalized spacial score (nSPS) is 16.1. The molecule has 3 aromatic carbocycles. The molecule has 1 N–H and O–H groups in total. The number of nitrogens with zero attached hydrogens (tertiary/aromatic N) is 1. The number of nitrogens with one attached hydrogen (secondary N) is 1. The van der Waals surface area contributed by atoms with Crippen LogP contribution in [-0.2, 0) is 18.9 Å². The molecular formula is C29H27F7N2O2. The van der Waals surface area contributed by atoms with E-state index in [1.165, 1.54) is 43.2 Å². The number of alkyl halides is 6. The van der Waals surface area contributed by atoms with Crippen LogP contribution in [-0.4, -0.2) is 24.6 Å². The molecule has 3 aromatic rings. The lowest BCUT2D eigenvalue weighted by molar-refractivity contribution is -0.138. The summed E-state index contributed by atoms with van der Waals surface area (Å²) in [5.41, 5.74) is -0.129. The van der Waals surface area contributed by atoms with Gasteiger partial charge >= 0.3 is 18.4 Å². The van der Waals surface area contributed by atoms with Crippen molar-refractivity contribution in [3.63, 3.8) is 0 Å². The Morgan fingerprint density at radius 1 is 0.950 bits per heavy atom. The average molecular weight is 569 g/mol. The summed E-state index contributed by atoms with van der Waals surface area (Å²) in [6.45, 7) is 4.75. The minimum Gasteiger partial charge on any atom is -0.496 e. The van der Waals surface area contributed by atoms with Gasteiger partial charge in [-0.1, -0.05) is 31.5 Å². The highest BCUT2D eigenvalue weighted by atomic mass is 19.4. The second-order valence-corrected chi connectivity index (χ2v) is 10.1. The molecule has 0 saturated carbocycles. The van der Waals surface area contributed by atoms with Gasteiger partial charge in [0.15, 0.2) is 0 Å². The number of hydrogen-bond donors (Lipinski definition) is 1. The van der Waals surface area contributed by atoms with Gasteiger partial charge in [0.25, 0.3) is 0 Å². The molecule has 1 saturated heterocycles. The van der Waals surface area contributed by atoms with E-state index < -0.39 is 41.4 Å². The van der Waals surface area contributed by atoms with Crippen LogP contribution in [0.15, 0.2) is 48.5 Å². The fourth-order valence-electron chi connectivity index (χ4n) is 4.91. The maximum atomic E-state index is 14.7. The number of carbonyl (C=O) groups excluding carboxylic acids is 1. The molecule has 0 radical (unpaired) electrons. The van der Waals surface area contributed by atoms with Crippen molar-refractivity contribution in [2.45, 2.75) is 51.6 Å². The number of aryl methyl sites for hydroxylation is 1. The van der Waals surface area contributed by atoms with Gasteiger partial charge in [-0.3, -0.25) is 0 Å². The van der Waals surface area contributed by atoms with E-state index in [9.17, 15) is 35.5 Å². The fraction of sp³-hybridized carbons (Fsp3) is 0.345. The summed E-state index contributed by atoms with van der Waals surface area (Å²) in [5, 5.41) is 2.66. The number of halogens is 7. The number of amides is 2. The predicted molar refractivity (Wildman–Crippen MR) is 135 cm³/mol. The van der Waals surface area contributed by atoms with Gasteiger partial charge in [-0.25, -0.2) is 9.18 Å². The number of urea groups is 1. The summed E-state index contributed by atoms with van der Waals surface area (Å²) in [5.74, 6) is -0.663. The molecule has 0 bridgehead atoms. The molecule has 40 heavy (non-hydrogen) atoms. The van der Waals surface area contributed by atoms with Gasteiger partial charge in [-0.15, -0.1) is 0 Å². The maximum Gasteiger partial charge on any atom is 0.416 e. The standard InChI is InChI=1S/C29H27F7N2O2/c1-15(2)21-11-23(26(40-4)12-24(21)30)20-6-5-18(28(31,32)33)10-22(20)25-14-38(27(39)37-25)13-17-7-16(3)8-19(9-17)29(34,35)36/h5-12,15,25H,13-14H2,1-4H3,(H,37,39). The summed E-state index contributed by atoms with van der Waals surface area (Å²) in [7, 11) is 1.31. The van der Waals surface area contributed by atoms with Crippen LogP contribution in [0.4, 0.5) is 35.5 Å². The van der Waals surface area contributed by atoms with Crippen molar-refractivity contribution in [3.05, 3.63) is 87.7 Å². The number of benzene rings is 3. The Balaban J connectivity index is 1.77. The highest BCUT2D eigenvalue weighted by molar-refractivity contribution is 5.80. The average Bonchev–Trinajstić information content (AvgIpc) is 3.21. The number of ether oxygens (including phenoxy) is 1. The molecule has 214 valence electrons. The zero-order valence-corrected chi connectivity index (χ0v) is 22.1. The lowest BCUT2D eigenvalue weighted by Crippen LogP contribution is -2.27. The molecule has 1 atom stereocenters. The zero-order valence-electron chi connectivity index (χ0n) is 22.1. The summed E-state index contributed by atoms with van der Waals surface area (Å²) >= 11 is 0. The number of carbonyl (C=O) groups is 1. The van der Waals surface area contributed by atoms with Crippen LogP contribution in [0.25, 0.3) is 11.1 Å². The third kappa shape index (κ3) is 6.03. The summed E-state index contributed by atoms with van der Waals surface area (Å²) in [6, 6.07) is 7.64. The molecule has 1 heterocycles. The second kappa shape index (κ2) is 10.7. The molecule has 4 rings (SSSR count). The maximum absolute atomic E-state index is 14.7. The molecule has 0 aliphatic carbocycles. The van der Waals surface area contributed by atoms with E-state index in [1.54, 1.807) is 13.8 Å². The lowest BCUT2D eigenvalue weighted by atomic mass is 9.89. The summed E-state index contributed by atoms with van der Waals surface area (Å²) in [6.07, 6.45) is -9.26. The number of methoxy groups -OCH3 is 1. The van der Waals surface area contributed by atoms with Crippen LogP contribution in [0.3, 0.4) is 0 Å². The first-order valence-electron chi connectivity index (χ1n) is 12.4. The van der Waals surface area contributed by atoms with Crippen molar-refractivity contribution in [1.29, 1.82) is 0 Å². The first kappa shape index (κ1) is 29.2. The van der Waals surface area contributed by atoms with E-state index in [0.717, 1.165) is 24.3 Å². The highest BCUT2D eigenvalue weighted by Crippen LogP contribution is 2.42. The van der Waals surface area contributed by atoms with E-state index in [2.05, 4.69) is 5.32 Å². The Morgan fingerprint density at radius 3 is 2.23 bits per heavy atom. The molecule has 4 nitrogen and oxygen atoms in total. The van der Waals surface area contributed by atoms with E-state index >= 15 is 0 Å². The minimum absolute atomic E-state index is 0.100. The van der Waals surface area contributed by atoms with Crippen LogP contribution >= 0.6 is 0 Å². The van der Waals surface area contributed by atoms with Crippen molar-refractivity contribution >= 4 is 6.03 Å². The molecule has 1 unspecified atom stereocenters. The van der Waals surface area contributed by atoms with Crippen molar-refractivity contribution in [2.24, 2.45) is 0 Å². The zero-order chi connectivity index (χ0) is 29.6. The van der Waals surface area contributed by atoms with Gasteiger partial charge in [0, 0.05) is 24.7 Å². The van der Waals surface area contributed by atoms with Gasteiger partial charge in [0.1, 0.15) is 11.6 Å². The first-order valence-corrected chi connectivity index (χ1v) is 12.4.